The second kappa shape index (κ2) is 6.28. The van der Waals surface area contributed by atoms with E-state index in [1.165, 1.54) is 0 Å². The second-order valence-corrected chi connectivity index (χ2v) is 4.70. The van der Waals surface area contributed by atoms with Gasteiger partial charge in [0.15, 0.2) is 0 Å². The number of rotatable bonds is 4. The van der Waals surface area contributed by atoms with Gasteiger partial charge in [0.25, 0.3) is 5.91 Å². The molecule has 0 N–H and O–H groups in total. The van der Waals surface area contributed by atoms with Crippen LogP contribution in [0.25, 0.3) is 0 Å². The summed E-state index contributed by atoms with van der Waals surface area (Å²) < 4.78 is 0.850. The number of hydrogen-bond acceptors (Lipinski definition) is 1. The fraction of sp³-hybridized carbons (Fsp3) is 0.364. The molecule has 82 valence electrons. The maximum Gasteiger partial charge on any atom is 0.255 e. The van der Waals surface area contributed by atoms with E-state index in [9.17, 15) is 4.79 Å². The van der Waals surface area contributed by atoms with Gasteiger partial charge in [-0.3, -0.25) is 4.79 Å². The minimum atomic E-state index is 0.0735. The Morgan fingerprint density at radius 2 is 2.07 bits per heavy atom. The van der Waals surface area contributed by atoms with Gasteiger partial charge in [-0.1, -0.05) is 28.1 Å². The molecule has 4 heteroatoms. The van der Waals surface area contributed by atoms with E-state index < -0.39 is 0 Å². The average molecular weight is 335 g/mol. The highest BCUT2D eigenvalue weighted by atomic mass is 79.9. The molecule has 1 aromatic rings. The predicted molar refractivity (Wildman–Crippen MR) is 69.5 cm³/mol. The van der Waals surface area contributed by atoms with Crippen molar-refractivity contribution in [2.45, 2.75) is 6.92 Å². The van der Waals surface area contributed by atoms with Crippen LogP contribution >= 0.6 is 31.9 Å². The molecule has 0 aliphatic heterocycles. The SMILES string of the molecule is CCN(CCBr)C(=O)c1ccccc1Br. The van der Waals surface area contributed by atoms with E-state index in [0.717, 1.165) is 28.5 Å². The maximum atomic E-state index is 12.1. The number of carbonyl (C=O) groups is 1. The third-order valence-corrected chi connectivity index (χ3v) is 3.17. The van der Waals surface area contributed by atoms with Gasteiger partial charge in [0, 0.05) is 22.9 Å². The molecule has 0 aliphatic rings. The van der Waals surface area contributed by atoms with Crippen LogP contribution in [-0.2, 0) is 0 Å². The zero-order valence-corrected chi connectivity index (χ0v) is 11.7. The Labute approximate surface area is 107 Å². The normalized spacial score (nSPS) is 10.1. The molecule has 2 nitrogen and oxygen atoms in total. The van der Waals surface area contributed by atoms with Crippen LogP contribution in [0.2, 0.25) is 0 Å². The molecule has 0 heterocycles. The Hall–Kier alpha value is -0.350. The average Bonchev–Trinajstić information content (AvgIpc) is 2.25. The van der Waals surface area contributed by atoms with Crippen molar-refractivity contribution in [1.29, 1.82) is 0 Å². The predicted octanol–water partition coefficient (Wildman–Crippen LogP) is 3.31. The summed E-state index contributed by atoms with van der Waals surface area (Å²) in [5.74, 6) is 0.0735. The van der Waals surface area contributed by atoms with Crippen LogP contribution in [0.3, 0.4) is 0 Å². The Balaban J connectivity index is 2.88. The highest BCUT2D eigenvalue weighted by Crippen LogP contribution is 2.17. The lowest BCUT2D eigenvalue weighted by molar-refractivity contribution is 0.0774. The van der Waals surface area contributed by atoms with E-state index in [1.54, 1.807) is 0 Å². The van der Waals surface area contributed by atoms with E-state index >= 15 is 0 Å². The largest absolute Gasteiger partial charge is 0.338 e. The van der Waals surface area contributed by atoms with Crippen molar-refractivity contribution in [2.24, 2.45) is 0 Å². The monoisotopic (exact) mass is 333 g/mol. The molecule has 0 aromatic heterocycles. The minimum Gasteiger partial charge on any atom is -0.338 e. The molecule has 1 amide bonds. The summed E-state index contributed by atoms with van der Waals surface area (Å²) in [6.07, 6.45) is 0. The summed E-state index contributed by atoms with van der Waals surface area (Å²) in [7, 11) is 0. The quantitative estimate of drug-likeness (QED) is 0.773. The number of halogens is 2. The van der Waals surface area contributed by atoms with Crippen LogP contribution in [0.15, 0.2) is 28.7 Å². The Bertz CT molecular complexity index is 341. The zero-order chi connectivity index (χ0) is 11.3. The molecule has 0 atom stereocenters. The van der Waals surface area contributed by atoms with Crippen LogP contribution in [0.1, 0.15) is 17.3 Å². The molecule has 0 saturated carbocycles. The van der Waals surface area contributed by atoms with Gasteiger partial charge < -0.3 is 4.90 Å². The summed E-state index contributed by atoms with van der Waals surface area (Å²) in [6.45, 7) is 3.44. The van der Waals surface area contributed by atoms with E-state index in [-0.39, 0.29) is 5.91 Å². The van der Waals surface area contributed by atoms with Crippen molar-refractivity contribution in [3.8, 4) is 0 Å². The van der Waals surface area contributed by atoms with E-state index in [0.29, 0.717) is 0 Å². The van der Waals surface area contributed by atoms with Crippen LogP contribution in [0.4, 0.5) is 0 Å². The van der Waals surface area contributed by atoms with E-state index in [2.05, 4.69) is 31.9 Å². The lowest BCUT2D eigenvalue weighted by Gasteiger charge is -2.20. The van der Waals surface area contributed by atoms with Crippen LogP contribution in [-0.4, -0.2) is 29.2 Å². The number of alkyl halides is 1. The lowest BCUT2D eigenvalue weighted by atomic mass is 10.2. The molecule has 1 aromatic carbocycles. The van der Waals surface area contributed by atoms with Crippen molar-refractivity contribution < 1.29 is 4.79 Å². The lowest BCUT2D eigenvalue weighted by Crippen LogP contribution is -2.32. The fourth-order valence-corrected chi connectivity index (χ4v) is 2.19. The van der Waals surface area contributed by atoms with Crippen molar-refractivity contribution in [1.82, 2.24) is 4.90 Å². The molecule has 15 heavy (non-hydrogen) atoms. The molecule has 0 radical (unpaired) electrons. The van der Waals surface area contributed by atoms with Crippen LogP contribution in [0.5, 0.6) is 0 Å². The van der Waals surface area contributed by atoms with Gasteiger partial charge >= 0.3 is 0 Å². The second-order valence-electron chi connectivity index (χ2n) is 3.05. The summed E-state index contributed by atoms with van der Waals surface area (Å²) in [5, 5.41) is 0.803. The summed E-state index contributed by atoms with van der Waals surface area (Å²) in [4.78, 5) is 13.9. The molecule has 0 spiro atoms. The molecule has 0 saturated heterocycles. The van der Waals surface area contributed by atoms with Gasteiger partial charge in [0.05, 0.1) is 5.56 Å². The Kier molecular flexibility index (Phi) is 5.32. The first kappa shape index (κ1) is 12.7. The zero-order valence-electron chi connectivity index (χ0n) is 8.54. The van der Waals surface area contributed by atoms with Crippen LogP contribution < -0.4 is 0 Å². The van der Waals surface area contributed by atoms with Crippen molar-refractivity contribution in [3.05, 3.63) is 34.3 Å². The van der Waals surface area contributed by atoms with Crippen molar-refractivity contribution >= 4 is 37.8 Å². The summed E-state index contributed by atoms with van der Waals surface area (Å²) in [6, 6.07) is 7.50. The number of carbonyl (C=O) groups excluding carboxylic acids is 1. The van der Waals surface area contributed by atoms with Gasteiger partial charge in [-0.15, -0.1) is 0 Å². The number of nitrogens with zero attached hydrogens (tertiary/aromatic N) is 1. The van der Waals surface area contributed by atoms with Gasteiger partial charge in [-0.05, 0) is 35.0 Å². The first-order valence-electron chi connectivity index (χ1n) is 4.80. The number of benzene rings is 1. The van der Waals surface area contributed by atoms with Gasteiger partial charge in [-0.25, -0.2) is 0 Å². The molecule has 0 fully saturated rings. The first-order chi connectivity index (χ1) is 7.20. The molecular weight excluding hydrogens is 322 g/mol. The molecule has 0 unspecified atom stereocenters. The van der Waals surface area contributed by atoms with Crippen molar-refractivity contribution in [2.75, 3.05) is 18.4 Å². The van der Waals surface area contributed by atoms with Gasteiger partial charge in [-0.2, -0.15) is 0 Å². The molecule has 0 bridgehead atoms. The molecular formula is C11H13Br2NO. The van der Waals surface area contributed by atoms with Gasteiger partial charge in [0.1, 0.15) is 0 Å². The summed E-state index contributed by atoms with van der Waals surface area (Å²) in [5.41, 5.74) is 0.723. The maximum absolute atomic E-state index is 12.1. The third kappa shape index (κ3) is 3.31. The third-order valence-electron chi connectivity index (χ3n) is 2.13. The highest BCUT2D eigenvalue weighted by molar-refractivity contribution is 9.10. The minimum absolute atomic E-state index is 0.0735. The van der Waals surface area contributed by atoms with E-state index in [1.807, 2.05) is 36.1 Å². The molecule has 0 aliphatic carbocycles. The molecule has 1 rings (SSSR count). The van der Waals surface area contributed by atoms with Crippen LogP contribution in [0, 0.1) is 0 Å². The smallest absolute Gasteiger partial charge is 0.255 e. The highest BCUT2D eigenvalue weighted by Gasteiger charge is 2.15. The first-order valence-corrected chi connectivity index (χ1v) is 6.72. The topological polar surface area (TPSA) is 20.3 Å². The summed E-state index contributed by atoms with van der Waals surface area (Å²) >= 11 is 6.73. The van der Waals surface area contributed by atoms with Crippen molar-refractivity contribution in [3.63, 3.8) is 0 Å². The number of hydrogen-bond donors (Lipinski definition) is 0. The van der Waals surface area contributed by atoms with E-state index in [4.69, 9.17) is 0 Å². The Morgan fingerprint density at radius 1 is 1.40 bits per heavy atom. The Morgan fingerprint density at radius 3 is 2.60 bits per heavy atom. The fourth-order valence-electron chi connectivity index (χ4n) is 1.31. The van der Waals surface area contributed by atoms with Gasteiger partial charge in [0.2, 0.25) is 0 Å². The number of amides is 1. The standard InChI is InChI=1S/C11H13Br2NO/c1-2-14(8-7-12)11(15)9-5-3-4-6-10(9)13/h3-6H,2,7-8H2,1H3.